The first-order chi connectivity index (χ1) is 8.10. The monoisotopic (exact) mass is 246 g/mol. The Balaban J connectivity index is 3.48. The molecular formula is C13H26O4. The zero-order chi connectivity index (χ0) is 13.1. The Morgan fingerprint density at radius 2 is 1.71 bits per heavy atom. The van der Waals surface area contributed by atoms with Gasteiger partial charge >= 0.3 is 5.97 Å². The van der Waals surface area contributed by atoms with Gasteiger partial charge in [-0.3, -0.25) is 4.79 Å². The summed E-state index contributed by atoms with van der Waals surface area (Å²) in [6.45, 7) is 9.41. The molecule has 17 heavy (non-hydrogen) atoms. The van der Waals surface area contributed by atoms with Gasteiger partial charge in [-0.25, -0.2) is 0 Å². The molecule has 0 amide bonds. The highest BCUT2D eigenvalue weighted by Crippen LogP contribution is 2.00. The lowest BCUT2D eigenvalue weighted by atomic mass is 10.3. The first-order valence-corrected chi connectivity index (χ1v) is 6.48. The van der Waals surface area contributed by atoms with E-state index in [1.807, 2.05) is 13.8 Å². The van der Waals surface area contributed by atoms with Crippen molar-refractivity contribution in [2.75, 3.05) is 19.8 Å². The third-order valence-electron chi connectivity index (χ3n) is 2.28. The van der Waals surface area contributed by atoms with Crippen LogP contribution in [-0.2, 0) is 19.0 Å². The minimum atomic E-state index is -0.187. The van der Waals surface area contributed by atoms with Gasteiger partial charge in [0.1, 0.15) is 6.61 Å². The van der Waals surface area contributed by atoms with E-state index in [0.717, 1.165) is 19.4 Å². The van der Waals surface area contributed by atoms with Crippen molar-refractivity contribution < 1.29 is 19.0 Å². The number of esters is 1. The van der Waals surface area contributed by atoms with Crippen molar-refractivity contribution in [2.24, 2.45) is 0 Å². The maximum Gasteiger partial charge on any atom is 0.305 e. The van der Waals surface area contributed by atoms with Gasteiger partial charge in [-0.05, 0) is 20.3 Å². The molecule has 0 fully saturated rings. The van der Waals surface area contributed by atoms with Crippen molar-refractivity contribution in [1.82, 2.24) is 0 Å². The third kappa shape index (κ3) is 10.3. The van der Waals surface area contributed by atoms with Gasteiger partial charge < -0.3 is 14.2 Å². The molecule has 2 unspecified atom stereocenters. The van der Waals surface area contributed by atoms with Crippen LogP contribution in [0.25, 0.3) is 0 Å². The lowest BCUT2D eigenvalue weighted by Gasteiger charge is -2.17. The average Bonchev–Trinajstić information content (AvgIpc) is 2.33. The molecule has 0 radical (unpaired) electrons. The maximum absolute atomic E-state index is 10.9. The van der Waals surface area contributed by atoms with Crippen molar-refractivity contribution in [3.8, 4) is 0 Å². The quantitative estimate of drug-likeness (QED) is 0.439. The van der Waals surface area contributed by atoms with Crippen LogP contribution >= 0.6 is 0 Å². The Kier molecular flexibility index (Phi) is 10.2. The summed E-state index contributed by atoms with van der Waals surface area (Å²) >= 11 is 0. The number of hydrogen-bond acceptors (Lipinski definition) is 4. The second-order valence-corrected chi connectivity index (χ2v) is 4.22. The number of carbonyl (C=O) groups excluding carboxylic acids is 1. The van der Waals surface area contributed by atoms with Crippen molar-refractivity contribution >= 4 is 5.97 Å². The second-order valence-electron chi connectivity index (χ2n) is 4.22. The fourth-order valence-electron chi connectivity index (χ4n) is 1.14. The molecule has 0 aliphatic rings. The maximum atomic E-state index is 10.9. The van der Waals surface area contributed by atoms with E-state index in [0.29, 0.717) is 19.6 Å². The van der Waals surface area contributed by atoms with Crippen molar-refractivity contribution in [2.45, 2.75) is 59.2 Å². The number of unbranched alkanes of at least 4 members (excludes halogenated alkanes) is 1. The predicted molar refractivity (Wildman–Crippen MR) is 67.0 cm³/mol. The highest BCUT2D eigenvalue weighted by atomic mass is 16.6. The number of ether oxygens (including phenoxy) is 3. The normalized spacial score (nSPS) is 14.4. The van der Waals surface area contributed by atoms with Crippen LogP contribution in [0.5, 0.6) is 0 Å². The van der Waals surface area contributed by atoms with Crippen LogP contribution in [0.2, 0.25) is 0 Å². The lowest BCUT2D eigenvalue weighted by molar-refractivity contribution is -0.148. The molecule has 0 heterocycles. The van der Waals surface area contributed by atoms with Gasteiger partial charge in [0.15, 0.2) is 0 Å². The molecule has 0 aromatic rings. The molecule has 0 aliphatic heterocycles. The smallest absolute Gasteiger partial charge is 0.305 e. The molecule has 0 aromatic heterocycles. The summed E-state index contributed by atoms with van der Waals surface area (Å²) in [4.78, 5) is 10.9. The molecule has 102 valence electrons. The SMILES string of the molecule is CCCCOC(C)COC(C)COC(=O)CC. The molecular weight excluding hydrogens is 220 g/mol. The number of rotatable bonds is 10. The second kappa shape index (κ2) is 10.5. The van der Waals surface area contributed by atoms with Gasteiger partial charge in [0.25, 0.3) is 0 Å². The van der Waals surface area contributed by atoms with E-state index >= 15 is 0 Å². The zero-order valence-corrected chi connectivity index (χ0v) is 11.5. The van der Waals surface area contributed by atoms with E-state index < -0.39 is 0 Å². The standard InChI is InChI=1S/C13H26O4/c1-5-7-8-15-11(3)9-16-12(4)10-17-13(14)6-2/h11-12H,5-10H2,1-4H3. The topological polar surface area (TPSA) is 44.8 Å². The van der Waals surface area contributed by atoms with Crippen LogP contribution in [0.1, 0.15) is 47.0 Å². The van der Waals surface area contributed by atoms with Gasteiger partial charge in [-0.15, -0.1) is 0 Å². The van der Waals surface area contributed by atoms with E-state index in [4.69, 9.17) is 14.2 Å². The summed E-state index contributed by atoms with van der Waals surface area (Å²) in [6.07, 6.45) is 2.63. The molecule has 0 rings (SSSR count). The molecule has 0 saturated carbocycles. The van der Waals surface area contributed by atoms with E-state index in [2.05, 4.69) is 6.92 Å². The molecule has 2 atom stereocenters. The summed E-state index contributed by atoms with van der Waals surface area (Å²) in [5.74, 6) is -0.187. The Morgan fingerprint density at radius 1 is 1.06 bits per heavy atom. The first kappa shape index (κ1) is 16.4. The molecule has 0 spiro atoms. The van der Waals surface area contributed by atoms with Gasteiger partial charge in [-0.2, -0.15) is 0 Å². The largest absolute Gasteiger partial charge is 0.463 e. The molecule has 4 heteroatoms. The van der Waals surface area contributed by atoms with Crippen LogP contribution < -0.4 is 0 Å². The van der Waals surface area contributed by atoms with Crippen molar-refractivity contribution in [1.29, 1.82) is 0 Å². The third-order valence-corrected chi connectivity index (χ3v) is 2.28. The fraction of sp³-hybridized carbons (Fsp3) is 0.923. The Hall–Kier alpha value is -0.610. The first-order valence-electron chi connectivity index (χ1n) is 6.48. The van der Waals surface area contributed by atoms with Crippen LogP contribution in [0, 0.1) is 0 Å². The highest BCUT2D eigenvalue weighted by molar-refractivity contribution is 5.68. The highest BCUT2D eigenvalue weighted by Gasteiger charge is 2.09. The molecule has 0 N–H and O–H groups in total. The average molecular weight is 246 g/mol. The summed E-state index contributed by atoms with van der Waals surface area (Å²) in [7, 11) is 0. The van der Waals surface area contributed by atoms with E-state index in [-0.39, 0.29) is 18.2 Å². The lowest BCUT2D eigenvalue weighted by Crippen LogP contribution is -2.24. The Bertz CT molecular complexity index is 194. The zero-order valence-electron chi connectivity index (χ0n) is 11.5. The molecule has 0 aliphatic carbocycles. The fourth-order valence-corrected chi connectivity index (χ4v) is 1.14. The molecule has 0 saturated heterocycles. The summed E-state index contributed by atoms with van der Waals surface area (Å²) in [5, 5.41) is 0. The molecule has 4 nitrogen and oxygen atoms in total. The van der Waals surface area contributed by atoms with Crippen molar-refractivity contribution in [3.05, 3.63) is 0 Å². The van der Waals surface area contributed by atoms with Gasteiger partial charge in [0.05, 0.1) is 18.8 Å². The van der Waals surface area contributed by atoms with Gasteiger partial charge in [0, 0.05) is 13.0 Å². The summed E-state index contributed by atoms with van der Waals surface area (Å²) < 4.78 is 16.1. The van der Waals surface area contributed by atoms with Gasteiger partial charge in [0.2, 0.25) is 0 Å². The molecule has 0 bridgehead atoms. The Morgan fingerprint density at radius 3 is 2.29 bits per heavy atom. The summed E-state index contributed by atoms with van der Waals surface area (Å²) in [6, 6.07) is 0. The van der Waals surface area contributed by atoms with Crippen LogP contribution in [0.15, 0.2) is 0 Å². The van der Waals surface area contributed by atoms with Gasteiger partial charge in [-0.1, -0.05) is 20.3 Å². The Labute approximate surface area is 105 Å². The number of hydrogen-bond donors (Lipinski definition) is 0. The minimum Gasteiger partial charge on any atom is -0.463 e. The minimum absolute atomic E-state index is 0.0808. The van der Waals surface area contributed by atoms with Crippen molar-refractivity contribution in [3.63, 3.8) is 0 Å². The van der Waals surface area contributed by atoms with E-state index in [9.17, 15) is 4.79 Å². The molecule has 0 aromatic carbocycles. The van der Waals surface area contributed by atoms with Crippen LogP contribution in [0.3, 0.4) is 0 Å². The van der Waals surface area contributed by atoms with Crippen LogP contribution in [0.4, 0.5) is 0 Å². The number of carbonyl (C=O) groups is 1. The predicted octanol–water partition coefficient (Wildman–Crippen LogP) is 2.55. The van der Waals surface area contributed by atoms with E-state index in [1.54, 1.807) is 6.92 Å². The van der Waals surface area contributed by atoms with E-state index in [1.165, 1.54) is 0 Å². The van der Waals surface area contributed by atoms with Crippen LogP contribution in [-0.4, -0.2) is 38.0 Å². The summed E-state index contributed by atoms with van der Waals surface area (Å²) in [5.41, 5.74) is 0.